The summed E-state index contributed by atoms with van der Waals surface area (Å²) in [5, 5.41) is 0. The zero-order valence-corrected chi connectivity index (χ0v) is 18.4. The molecule has 0 N–H and O–H groups in total. The minimum absolute atomic E-state index is 0.0266. The van der Waals surface area contributed by atoms with Crippen molar-refractivity contribution >= 4 is 12.2 Å². The summed E-state index contributed by atoms with van der Waals surface area (Å²) in [5.74, 6) is 0. The molecule has 4 atom stereocenters. The molecule has 164 valence electrons. The normalized spacial score (nSPS) is 22.8. The maximum absolute atomic E-state index is 6.85. The van der Waals surface area contributed by atoms with Crippen LogP contribution in [0, 0.1) is 0 Å². The molecule has 0 aromatic heterocycles. The minimum Gasteiger partial charge on any atom is -0.376 e. The standard InChI is InChI=1S/C28H34O3/c1-3-21-9-13-23(14-10-21)19-27(25-7-5-17-29-25)31-28(26-8-6-18-30-26)20-24-15-11-22(4-2)12-16-24/h3-4,9-16,25-28H,1-2,5-8,17-20H2. The van der Waals surface area contributed by atoms with E-state index in [0.717, 1.165) is 62.9 Å². The van der Waals surface area contributed by atoms with Crippen molar-refractivity contribution in [3.05, 3.63) is 83.9 Å². The van der Waals surface area contributed by atoms with Crippen LogP contribution in [0.3, 0.4) is 0 Å². The van der Waals surface area contributed by atoms with Gasteiger partial charge in [0.15, 0.2) is 0 Å². The summed E-state index contributed by atoms with van der Waals surface area (Å²) < 4.78 is 19.0. The van der Waals surface area contributed by atoms with Crippen LogP contribution in [0.5, 0.6) is 0 Å². The molecule has 2 aromatic rings. The molecule has 0 radical (unpaired) electrons. The van der Waals surface area contributed by atoms with E-state index < -0.39 is 0 Å². The average molecular weight is 419 g/mol. The van der Waals surface area contributed by atoms with Gasteiger partial charge in [0.05, 0.1) is 24.4 Å². The molecule has 0 saturated carbocycles. The fraction of sp³-hybridized carbons (Fsp3) is 0.429. The summed E-state index contributed by atoms with van der Waals surface area (Å²) in [4.78, 5) is 0. The molecule has 0 amide bonds. The molecule has 3 nitrogen and oxygen atoms in total. The van der Waals surface area contributed by atoms with Gasteiger partial charge >= 0.3 is 0 Å². The lowest BCUT2D eigenvalue weighted by Crippen LogP contribution is -2.40. The van der Waals surface area contributed by atoms with Gasteiger partial charge in [0, 0.05) is 26.1 Å². The zero-order chi connectivity index (χ0) is 21.5. The zero-order valence-electron chi connectivity index (χ0n) is 18.4. The Labute approximate surface area is 186 Å². The number of hydrogen-bond acceptors (Lipinski definition) is 3. The van der Waals surface area contributed by atoms with Crippen LogP contribution in [0.2, 0.25) is 0 Å². The van der Waals surface area contributed by atoms with Gasteiger partial charge in [-0.25, -0.2) is 0 Å². The summed E-state index contributed by atoms with van der Waals surface area (Å²) in [6.45, 7) is 9.36. The van der Waals surface area contributed by atoms with Gasteiger partial charge < -0.3 is 14.2 Å². The third-order valence-corrected chi connectivity index (χ3v) is 6.41. The van der Waals surface area contributed by atoms with Gasteiger partial charge in [0.2, 0.25) is 0 Å². The fourth-order valence-corrected chi connectivity index (χ4v) is 4.59. The number of ether oxygens (including phenoxy) is 3. The highest BCUT2D eigenvalue weighted by atomic mass is 16.6. The lowest BCUT2D eigenvalue weighted by molar-refractivity contribution is -0.122. The van der Waals surface area contributed by atoms with Crippen LogP contribution < -0.4 is 0 Å². The van der Waals surface area contributed by atoms with Crippen LogP contribution >= 0.6 is 0 Å². The molecule has 2 aromatic carbocycles. The van der Waals surface area contributed by atoms with Gasteiger partial charge in [-0.3, -0.25) is 0 Å². The Bertz CT molecular complexity index is 756. The fourth-order valence-electron chi connectivity index (χ4n) is 4.59. The van der Waals surface area contributed by atoms with Crippen molar-refractivity contribution < 1.29 is 14.2 Å². The monoisotopic (exact) mass is 418 g/mol. The van der Waals surface area contributed by atoms with Crippen molar-refractivity contribution in [2.45, 2.75) is 62.9 Å². The molecule has 31 heavy (non-hydrogen) atoms. The molecule has 2 saturated heterocycles. The Morgan fingerprint density at radius 2 is 1.16 bits per heavy atom. The van der Waals surface area contributed by atoms with Crippen LogP contribution in [0.15, 0.2) is 61.7 Å². The van der Waals surface area contributed by atoms with Crippen molar-refractivity contribution in [2.24, 2.45) is 0 Å². The first-order chi connectivity index (χ1) is 15.2. The van der Waals surface area contributed by atoms with E-state index in [-0.39, 0.29) is 24.4 Å². The Balaban J connectivity index is 1.51. The Hall–Kier alpha value is -2.20. The highest BCUT2D eigenvalue weighted by Crippen LogP contribution is 2.28. The van der Waals surface area contributed by atoms with Gasteiger partial charge in [-0.05, 0) is 47.9 Å². The van der Waals surface area contributed by atoms with Crippen molar-refractivity contribution in [2.75, 3.05) is 13.2 Å². The summed E-state index contributed by atoms with van der Waals surface area (Å²) >= 11 is 0. The van der Waals surface area contributed by atoms with E-state index in [0.29, 0.717) is 0 Å². The van der Waals surface area contributed by atoms with E-state index in [2.05, 4.69) is 61.7 Å². The molecule has 2 heterocycles. The first kappa shape index (κ1) is 22.0. The summed E-state index contributed by atoms with van der Waals surface area (Å²) in [6.07, 6.45) is 10.1. The summed E-state index contributed by atoms with van der Waals surface area (Å²) in [6, 6.07) is 17.2. The van der Waals surface area contributed by atoms with Crippen LogP contribution in [0.4, 0.5) is 0 Å². The second kappa shape index (κ2) is 10.9. The molecule has 4 unspecified atom stereocenters. The second-order valence-electron chi connectivity index (χ2n) is 8.62. The maximum atomic E-state index is 6.85. The smallest absolute Gasteiger partial charge is 0.0882 e. The van der Waals surface area contributed by atoms with Crippen molar-refractivity contribution in [1.29, 1.82) is 0 Å². The molecule has 2 aliphatic heterocycles. The topological polar surface area (TPSA) is 27.7 Å². The Morgan fingerprint density at radius 1 is 0.742 bits per heavy atom. The second-order valence-corrected chi connectivity index (χ2v) is 8.62. The van der Waals surface area contributed by atoms with E-state index in [9.17, 15) is 0 Å². The Kier molecular flexibility index (Phi) is 7.74. The van der Waals surface area contributed by atoms with E-state index in [1.165, 1.54) is 11.1 Å². The molecule has 0 spiro atoms. The van der Waals surface area contributed by atoms with Gasteiger partial charge in [0.1, 0.15) is 0 Å². The van der Waals surface area contributed by atoms with E-state index in [4.69, 9.17) is 14.2 Å². The molecule has 3 heteroatoms. The van der Waals surface area contributed by atoms with E-state index in [1.807, 2.05) is 12.2 Å². The molecule has 0 aliphatic carbocycles. The third kappa shape index (κ3) is 5.94. The highest BCUT2D eigenvalue weighted by molar-refractivity contribution is 5.47. The van der Waals surface area contributed by atoms with Crippen molar-refractivity contribution in [3.63, 3.8) is 0 Å². The van der Waals surface area contributed by atoms with Crippen LogP contribution in [0.25, 0.3) is 12.2 Å². The average Bonchev–Trinajstić information content (AvgIpc) is 3.54. The number of benzene rings is 2. The molecule has 0 bridgehead atoms. The number of rotatable bonds is 10. The van der Waals surface area contributed by atoms with Crippen LogP contribution in [-0.4, -0.2) is 37.6 Å². The van der Waals surface area contributed by atoms with Gasteiger partial charge in [0.25, 0.3) is 0 Å². The molecular weight excluding hydrogens is 384 g/mol. The third-order valence-electron chi connectivity index (χ3n) is 6.41. The van der Waals surface area contributed by atoms with E-state index >= 15 is 0 Å². The number of hydrogen-bond donors (Lipinski definition) is 0. The van der Waals surface area contributed by atoms with Gasteiger partial charge in [-0.2, -0.15) is 0 Å². The first-order valence-corrected chi connectivity index (χ1v) is 11.6. The molecule has 2 aliphatic rings. The predicted molar refractivity (Wildman–Crippen MR) is 127 cm³/mol. The lowest BCUT2D eigenvalue weighted by Gasteiger charge is -2.31. The quantitative estimate of drug-likeness (QED) is 0.483. The Morgan fingerprint density at radius 3 is 1.48 bits per heavy atom. The van der Waals surface area contributed by atoms with Gasteiger partial charge in [-0.1, -0.05) is 73.8 Å². The molecule has 4 rings (SSSR count). The molecular formula is C28H34O3. The SMILES string of the molecule is C=Cc1ccc(CC(OC(Cc2ccc(C=C)cc2)C2CCCO2)C2CCCO2)cc1. The van der Waals surface area contributed by atoms with Crippen molar-refractivity contribution in [3.8, 4) is 0 Å². The summed E-state index contributed by atoms with van der Waals surface area (Å²) in [5.41, 5.74) is 4.82. The van der Waals surface area contributed by atoms with Gasteiger partial charge in [-0.15, -0.1) is 0 Å². The summed E-state index contributed by atoms with van der Waals surface area (Å²) in [7, 11) is 0. The predicted octanol–water partition coefficient (Wildman–Crippen LogP) is 5.87. The van der Waals surface area contributed by atoms with Crippen LogP contribution in [0.1, 0.15) is 47.9 Å². The highest BCUT2D eigenvalue weighted by Gasteiger charge is 2.34. The van der Waals surface area contributed by atoms with Crippen molar-refractivity contribution in [1.82, 2.24) is 0 Å². The van der Waals surface area contributed by atoms with Crippen LogP contribution in [-0.2, 0) is 27.1 Å². The van der Waals surface area contributed by atoms with E-state index in [1.54, 1.807) is 0 Å². The largest absolute Gasteiger partial charge is 0.376 e. The maximum Gasteiger partial charge on any atom is 0.0882 e. The minimum atomic E-state index is 0.0266. The molecule has 2 fully saturated rings. The lowest BCUT2D eigenvalue weighted by atomic mass is 9.98. The first-order valence-electron chi connectivity index (χ1n) is 11.6.